The Labute approximate surface area is 141 Å². The summed E-state index contributed by atoms with van der Waals surface area (Å²) < 4.78 is 7.30. The molecule has 0 radical (unpaired) electrons. The topological polar surface area (TPSA) is 56.5 Å². The first-order valence-electron chi connectivity index (χ1n) is 7.36. The lowest BCUT2D eigenvalue weighted by Crippen LogP contribution is -2.23. The average molecular weight is 335 g/mol. The quantitative estimate of drug-likeness (QED) is 0.577. The first kappa shape index (κ1) is 14.6. The monoisotopic (exact) mass is 335 g/mol. The molecule has 0 amide bonds. The second-order valence-electron chi connectivity index (χ2n) is 5.16. The number of fused-ring (bicyclic) bond motifs is 1. The van der Waals surface area contributed by atoms with Crippen LogP contribution in [-0.2, 0) is 0 Å². The highest BCUT2D eigenvalue weighted by atomic mass is 32.1. The van der Waals surface area contributed by atoms with Crippen molar-refractivity contribution in [2.75, 3.05) is 7.11 Å². The molecule has 0 aliphatic rings. The van der Waals surface area contributed by atoms with Crippen molar-refractivity contribution in [2.45, 2.75) is 0 Å². The van der Waals surface area contributed by atoms with E-state index in [-0.39, 0.29) is 5.56 Å². The van der Waals surface area contributed by atoms with Gasteiger partial charge in [0.1, 0.15) is 5.75 Å². The van der Waals surface area contributed by atoms with Gasteiger partial charge >= 0.3 is 0 Å². The van der Waals surface area contributed by atoms with Crippen molar-refractivity contribution < 1.29 is 4.74 Å². The second kappa shape index (κ2) is 5.90. The maximum atomic E-state index is 12.5. The number of benzene rings is 2. The molecule has 2 aromatic carbocycles. The van der Waals surface area contributed by atoms with Gasteiger partial charge in [0, 0.05) is 0 Å². The fourth-order valence-corrected chi connectivity index (χ4v) is 3.39. The molecule has 0 aliphatic carbocycles. The minimum absolute atomic E-state index is 0.160. The summed E-state index contributed by atoms with van der Waals surface area (Å²) in [5.41, 5.74) is 1.58. The van der Waals surface area contributed by atoms with E-state index in [1.54, 1.807) is 7.11 Å². The minimum atomic E-state index is -0.160. The van der Waals surface area contributed by atoms with Crippen LogP contribution in [0.1, 0.15) is 5.56 Å². The van der Waals surface area contributed by atoms with Crippen LogP contribution in [-0.4, -0.2) is 21.7 Å². The fourth-order valence-electron chi connectivity index (χ4n) is 2.48. The van der Waals surface area contributed by atoms with Crippen molar-refractivity contribution in [1.82, 2.24) is 14.6 Å². The van der Waals surface area contributed by atoms with Crippen LogP contribution in [0.2, 0.25) is 0 Å². The Hall–Kier alpha value is -2.99. The van der Waals surface area contributed by atoms with E-state index < -0.39 is 0 Å². The van der Waals surface area contributed by atoms with E-state index in [1.807, 2.05) is 60.7 Å². The lowest BCUT2D eigenvalue weighted by atomic mass is 10.2. The van der Waals surface area contributed by atoms with Gasteiger partial charge in [0.05, 0.1) is 17.2 Å². The van der Waals surface area contributed by atoms with Crippen molar-refractivity contribution in [3.05, 3.63) is 75.0 Å². The molecule has 0 unspecified atom stereocenters. The van der Waals surface area contributed by atoms with Crippen molar-refractivity contribution in [3.8, 4) is 17.1 Å². The highest BCUT2D eigenvalue weighted by molar-refractivity contribution is 7.15. The van der Waals surface area contributed by atoms with Crippen LogP contribution in [0.5, 0.6) is 5.75 Å². The number of hydrogen-bond donors (Lipinski definition) is 0. The van der Waals surface area contributed by atoms with E-state index in [0.29, 0.717) is 21.1 Å². The summed E-state index contributed by atoms with van der Waals surface area (Å²) in [6.07, 6.45) is 1.85. The van der Waals surface area contributed by atoms with Gasteiger partial charge in [0.15, 0.2) is 5.82 Å². The van der Waals surface area contributed by atoms with Gasteiger partial charge in [-0.1, -0.05) is 53.8 Å². The third-order valence-electron chi connectivity index (χ3n) is 3.63. The Morgan fingerprint density at radius 2 is 1.83 bits per heavy atom. The Morgan fingerprint density at radius 1 is 1.08 bits per heavy atom. The minimum Gasteiger partial charge on any atom is -0.496 e. The van der Waals surface area contributed by atoms with Crippen LogP contribution < -0.4 is 14.8 Å². The van der Waals surface area contributed by atoms with Crippen LogP contribution in [0.4, 0.5) is 0 Å². The van der Waals surface area contributed by atoms with Gasteiger partial charge in [-0.2, -0.15) is 9.50 Å². The summed E-state index contributed by atoms with van der Waals surface area (Å²) in [4.78, 5) is 17.6. The number of para-hydroxylation sites is 1. The molecule has 0 spiro atoms. The number of nitrogens with zero attached hydrogens (tertiary/aromatic N) is 3. The first-order chi connectivity index (χ1) is 11.8. The molecule has 2 aromatic heterocycles. The molecular weight excluding hydrogens is 322 g/mol. The third kappa shape index (κ3) is 2.47. The van der Waals surface area contributed by atoms with Gasteiger partial charge in [0.2, 0.25) is 4.96 Å². The van der Waals surface area contributed by atoms with E-state index in [2.05, 4.69) is 10.1 Å². The molecule has 6 heteroatoms. The number of ether oxygens (including phenoxy) is 1. The lowest BCUT2D eigenvalue weighted by molar-refractivity contribution is 0.416. The Morgan fingerprint density at radius 3 is 2.58 bits per heavy atom. The molecule has 0 saturated heterocycles. The molecule has 24 heavy (non-hydrogen) atoms. The fraction of sp³-hybridized carbons (Fsp3) is 0.0556. The second-order valence-corrected chi connectivity index (χ2v) is 6.17. The van der Waals surface area contributed by atoms with Gasteiger partial charge in [-0.05, 0) is 23.8 Å². The van der Waals surface area contributed by atoms with E-state index in [4.69, 9.17) is 4.74 Å². The number of hydrogen-bond acceptors (Lipinski definition) is 5. The van der Waals surface area contributed by atoms with Gasteiger partial charge < -0.3 is 4.74 Å². The zero-order chi connectivity index (χ0) is 16.5. The molecule has 4 aromatic rings. The van der Waals surface area contributed by atoms with Crippen LogP contribution in [0.3, 0.4) is 0 Å². The average Bonchev–Trinajstić information content (AvgIpc) is 3.16. The van der Waals surface area contributed by atoms with E-state index in [0.717, 1.165) is 11.1 Å². The first-order valence-corrected chi connectivity index (χ1v) is 8.17. The van der Waals surface area contributed by atoms with Crippen LogP contribution in [0, 0.1) is 0 Å². The summed E-state index contributed by atoms with van der Waals surface area (Å²) in [6, 6.07) is 17.2. The molecular formula is C18H13N3O2S. The van der Waals surface area contributed by atoms with Gasteiger partial charge in [0.25, 0.3) is 5.56 Å². The van der Waals surface area contributed by atoms with E-state index >= 15 is 0 Å². The highest BCUT2D eigenvalue weighted by Crippen LogP contribution is 2.27. The van der Waals surface area contributed by atoms with Crippen molar-refractivity contribution in [3.63, 3.8) is 0 Å². The molecule has 0 atom stereocenters. The molecule has 4 rings (SSSR count). The zero-order valence-electron chi connectivity index (χ0n) is 12.8. The van der Waals surface area contributed by atoms with Crippen molar-refractivity contribution >= 4 is 22.4 Å². The largest absolute Gasteiger partial charge is 0.496 e. The SMILES string of the molecule is COc1ccccc1-c1nc2s/c(=C/c3ccccc3)c(=O)n2n1. The summed E-state index contributed by atoms with van der Waals surface area (Å²) in [5, 5.41) is 4.36. The zero-order valence-corrected chi connectivity index (χ0v) is 13.7. The summed E-state index contributed by atoms with van der Waals surface area (Å²) >= 11 is 1.33. The van der Waals surface area contributed by atoms with Crippen LogP contribution in [0.15, 0.2) is 59.4 Å². The van der Waals surface area contributed by atoms with E-state index in [1.165, 1.54) is 15.9 Å². The van der Waals surface area contributed by atoms with Crippen LogP contribution >= 0.6 is 11.3 Å². The van der Waals surface area contributed by atoms with E-state index in [9.17, 15) is 4.79 Å². The van der Waals surface area contributed by atoms with Gasteiger partial charge in [-0.15, -0.1) is 5.10 Å². The molecule has 118 valence electrons. The number of thiazole rings is 1. The van der Waals surface area contributed by atoms with Gasteiger partial charge in [-0.25, -0.2) is 0 Å². The maximum absolute atomic E-state index is 12.5. The smallest absolute Gasteiger partial charge is 0.291 e. The molecule has 2 heterocycles. The van der Waals surface area contributed by atoms with Gasteiger partial charge in [-0.3, -0.25) is 4.79 Å². The predicted molar refractivity (Wildman–Crippen MR) is 94.3 cm³/mol. The number of aromatic nitrogens is 3. The number of methoxy groups -OCH3 is 1. The van der Waals surface area contributed by atoms with Crippen LogP contribution in [0.25, 0.3) is 22.4 Å². The molecule has 0 saturated carbocycles. The maximum Gasteiger partial charge on any atom is 0.291 e. The van der Waals surface area contributed by atoms with Crippen molar-refractivity contribution in [1.29, 1.82) is 0 Å². The normalized spacial score (nSPS) is 12.0. The highest BCUT2D eigenvalue weighted by Gasteiger charge is 2.14. The lowest BCUT2D eigenvalue weighted by Gasteiger charge is -2.03. The summed E-state index contributed by atoms with van der Waals surface area (Å²) in [5.74, 6) is 1.17. The molecule has 0 bridgehead atoms. The molecule has 0 fully saturated rings. The third-order valence-corrected chi connectivity index (χ3v) is 4.59. The molecule has 0 aliphatic heterocycles. The standard InChI is InChI=1S/C18H13N3O2S/c1-23-14-10-6-5-9-13(14)16-19-18-21(20-16)17(22)15(24-18)11-12-7-3-2-4-8-12/h2-11H,1H3/b15-11+. The van der Waals surface area contributed by atoms with Crippen molar-refractivity contribution in [2.24, 2.45) is 0 Å². The Bertz CT molecular complexity index is 1120. The molecule has 5 nitrogen and oxygen atoms in total. The summed E-state index contributed by atoms with van der Waals surface area (Å²) in [7, 11) is 1.60. The predicted octanol–water partition coefficient (Wildman–Crippen LogP) is 2.37. The number of rotatable bonds is 3. The Kier molecular flexibility index (Phi) is 3.59. The summed E-state index contributed by atoms with van der Waals surface area (Å²) in [6.45, 7) is 0. The molecule has 0 N–H and O–H groups in total. The Balaban J connectivity index is 1.85.